The third-order valence-electron chi connectivity index (χ3n) is 3.38. The predicted octanol–water partition coefficient (Wildman–Crippen LogP) is 1.82. The van der Waals surface area contributed by atoms with Crippen LogP contribution in [-0.4, -0.2) is 61.8 Å². The highest BCUT2D eigenvalue weighted by Gasteiger charge is 2.24. The molecule has 0 unspecified atom stereocenters. The standard InChI is InChI=1S/C16H36N4O/c1-6-10-16(21,11-7-2)14-19-15(17-8-3)18-12-9-13-20(4)5/h21H,6-14H2,1-5H3,(H2,17,18,19). The van der Waals surface area contributed by atoms with Crippen LogP contribution in [0.4, 0.5) is 0 Å². The predicted molar refractivity (Wildman–Crippen MR) is 91.9 cm³/mol. The highest BCUT2D eigenvalue weighted by molar-refractivity contribution is 5.79. The summed E-state index contributed by atoms with van der Waals surface area (Å²) >= 11 is 0. The molecule has 0 aliphatic carbocycles. The van der Waals surface area contributed by atoms with E-state index in [1.165, 1.54) is 0 Å². The summed E-state index contributed by atoms with van der Waals surface area (Å²) in [5, 5.41) is 17.2. The first-order valence-electron chi connectivity index (χ1n) is 8.36. The van der Waals surface area contributed by atoms with E-state index >= 15 is 0 Å². The summed E-state index contributed by atoms with van der Waals surface area (Å²) in [6, 6.07) is 0. The normalized spacial score (nSPS) is 12.8. The lowest BCUT2D eigenvalue weighted by Crippen LogP contribution is -2.40. The van der Waals surface area contributed by atoms with Gasteiger partial charge in [0.2, 0.25) is 0 Å². The quantitative estimate of drug-likeness (QED) is 0.309. The van der Waals surface area contributed by atoms with E-state index in [1.807, 2.05) is 0 Å². The number of aliphatic imine (C=N–C) groups is 1. The summed E-state index contributed by atoms with van der Waals surface area (Å²) < 4.78 is 0. The lowest BCUT2D eigenvalue weighted by Gasteiger charge is -2.26. The Hall–Kier alpha value is -0.810. The molecule has 0 aromatic carbocycles. The van der Waals surface area contributed by atoms with Crippen molar-refractivity contribution in [2.75, 3.05) is 40.3 Å². The lowest BCUT2D eigenvalue weighted by atomic mass is 9.93. The van der Waals surface area contributed by atoms with Crippen LogP contribution in [0, 0.1) is 0 Å². The van der Waals surface area contributed by atoms with Crippen molar-refractivity contribution in [1.29, 1.82) is 0 Å². The molecule has 0 aliphatic rings. The zero-order valence-electron chi connectivity index (χ0n) is 14.7. The van der Waals surface area contributed by atoms with Crippen molar-refractivity contribution in [3.8, 4) is 0 Å². The van der Waals surface area contributed by atoms with E-state index in [0.29, 0.717) is 6.54 Å². The van der Waals surface area contributed by atoms with Gasteiger partial charge in [-0.25, -0.2) is 0 Å². The Labute approximate surface area is 131 Å². The van der Waals surface area contributed by atoms with E-state index in [0.717, 1.165) is 57.7 Å². The Morgan fingerprint density at radius 2 is 1.71 bits per heavy atom. The Morgan fingerprint density at radius 1 is 1.10 bits per heavy atom. The van der Waals surface area contributed by atoms with Gasteiger partial charge in [0.15, 0.2) is 5.96 Å². The molecular weight excluding hydrogens is 264 g/mol. The summed E-state index contributed by atoms with van der Waals surface area (Å²) in [6.45, 7) is 9.52. The van der Waals surface area contributed by atoms with Crippen molar-refractivity contribution >= 4 is 5.96 Å². The van der Waals surface area contributed by atoms with Gasteiger partial charge in [0.25, 0.3) is 0 Å². The summed E-state index contributed by atoms with van der Waals surface area (Å²) in [6.07, 6.45) is 4.66. The molecule has 0 saturated heterocycles. The third-order valence-corrected chi connectivity index (χ3v) is 3.38. The zero-order valence-corrected chi connectivity index (χ0v) is 14.7. The fraction of sp³-hybridized carbons (Fsp3) is 0.938. The SMILES string of the molecule is CCCC(O)(CCC)CN=C(NCC)NCCCN(C)C. The van der Waals surface area contributed by atoms with E-state index in [1.54, 1.807) is 0 Å². The van der Waals surface area contributed by atoms with Crippen LogP contribution in [0.2, 0.25) is 0 Å². The minimum absolute atomic E-state index is 0.470. The van der Waals surface area contributed by atoms with Gasteiger partial charge in [-0.05, 0) is 46.8 Å². The van der Waals surface area contributed by atoms with Gasteiger partial charge in [-0.1, -0.05) is 26.7 Å². The molecule has 0 aromatic heterocycles. The van der Waals surface area contributed by atoms with Crippen molar-refractivity contribution in [2.45, 2.75) is 58.5 Å². The Morgan fingerprint density at radius 3 is 2.19 bits per heavy atom. The average molecular weight is 300 g/mol. The maximum Gasteiger partial charge on any atom is 0.191 e. The second-order valence-corrected chi connectivity index (χ2v) is 6.00. The van der Waals surface area contributed by atoms with E-state index in [-0.39, 0.29) is 0 Å². The smallest absolute Gasteiger partial charge is 0.191 e. The van der Waals surface area contributed by atoms with E-state index in [2.05, 4.69) is 55.4 Å². The Kier molecular flexibility index (Phi) is 11.4. The van der Waals surface area contributed by atoms with E-state index < -0.39 is 5.60 Å². The summed E-state index contributed by atoms with van der Waals surface area (Å²) in [4.78, 5) is 6.74. The molecule has 3 N–H and O–H groups in total. The van der Waals surface area contributed by atoms with Gasteiger partial charge >= 0.3 is 0 Å². The molecular formula is C16H36N4O. The lowest BCUT2D eigenvalue weighted by molar-refractivity contribution is 0.0306. The minimum atomic E-state index is -0.657. The second-order valence-electron chi connectivity index (χ2n) is 6.00. The maximum absolute atomic E-state index is 10.6. The summed E-state index contributed by atoms with van der Waals surface area (Å²) in [7, 11) is 4.16. The van der Waals surface area contributed by atoms with Crippen LogP contribution in [0.1, 0.15) is 52.9 Å². The number of hydrogen-bond donors (Lipinski definition) is 3. The molecule has 0 rings (SSSR count). The number of nitrogens with one attached hydrogen (secondary N) is 2. The highest BCUT2D eigenvalue weighted by Crippen LogP contribution is 2.19. The van der Waals surface area contributed by atoms with Crippen molar-refractivity contribution in [3.63, 3.8) is 0 Å². The first-order chi connectivity index (χ1) is 9.97. The van der Waals surface area contributed by atoms with Crippen molar-refractivity contribution in [3.05, 3.63) is 0 Å². The van der Waals surface area contributed by atoms with Crippen LogP contribution in [0.25, 0.3) is 0 Å². The summed E-state index contributed by atoms with van der Waals surface area (Å²) in [5.41, 5.74) is -0.657. The maximum atomic E-state index is 10.6. The van der Waals surface area contributed by atoms with Gasteiger partial charge in [-0.15, -0.1) is 0 Å². The molecule has 0 spiro atoms. The largest absolute Gasteiger partial charge is 0.388 e. The van der Waals surface area contributed by atoms with Gasteiger partial charge in [0.05, 0.1) is 12.1 Å². The molecule has 5 heteroatoms. The van der Waals surface area contributed by atoms with Crippen LogP contribution in [0.5, 0.6) is 0 Å². The van der Waals surface area contributed by atoms with Crippen molar-refractivity contribution in [1.82, 2.24) is 15.5 Å². The van der Waals surface area contributed by atoms with Gasteiger partial charge in [0.1, 0.15) is 0 Å². The molecule has 21 heavy (non-hydrogen) atoms. The number of hydrogen-bond acceptors (Lipinski definition) is 3. The topological polar surface area (TPSA) is 59.9 Å². The van der Waals surface area contributed by atoms with E-state index in [9.17, 15) is 5.11 Å². The van der Waals surface area contributed by atoms with Crippen molar-refractivity contribution < 1.29 is 5.11 Å². The molecule has 0 radical (unpaired) electrons. The average Bonchev–Trinajstić information content (AvgIpc) is 2.41. The van der Waals surface area contributed by atoms with Crippen LogP contribution in [0.3, 0.4) is 0 Å². The molecule has 0 saturated carbocycles. The Bertz CT molecular complexity index is 273. The first kappa shape index (κ1) is 20.2. The molecule has 0 aliphatic heterocycles. The number of aliphatic hydroxyl groups is 1. The first-order valence-corrected chi connectivity index (χ1v) is 8.36. The van der Waals surface area contributed by atoms with Crippen LogP contribution < -0.4 is 10.6 Å². The molecule has 0 heterocycles. The van der Waals surface area contributed by atoms with Crippen molar-refractivity contribution in [2.24, 2.45) is 4.99 Å². The number of nitrogens with zero attached hydrogens (tertiary/aromatic N) is 2. The monoisotopic (exact) mass is 300 g/mol. The highest BCUT2D eigenvalue weighted by atomic mass is 16.3. The van der Waals surface area contributed by atoms with Gasteiger partial charge in [-0.3, -0.25) is 4.99 Å². The van der Waals surface area contributed by atoms with Gasteiger partial charge < -0.3 is 20.6 Å². The molecule has 0 bridgehead atoms. The van der Waals surface area contributed by atoms with Crippen LogP contribution in [-0.2, 0) is 0 Å². The summed E-state index contributed by atoms with van der Waals surface area (Å²) in [5.74, 6) is 0.807. The third kappa shape index (κ3) is 10.5. The molecule has 0 fully saturated rings. The number of guanidine groups is 1. The molecule has 126 valence electrons. The number of rotatable bonds is 11. The van der Waals surface area contributed by atoms with Crippen LogP contribution >= 0.6 is 0 Å². The molecule has 5 nitrogen and oxygen atoms in total. The fourth-order valence-electron chi connectivity index (χ4n) is 2.38. The van der Waals surface area contributed by atoms with Gasteiger partial charge in [0, 0.05) is 13.1 Å². The minimum Gasteiger partial charge on any atom is -0.388 e. The fourth-order valence-corrected chi connectivity index (χ4v) is 2.38. The second kappa shape index (κ2) is 11.8. The zero-order chi connectivity index (χ0) is 16.1. The molecule has 0 amide bonds. The van der Waals surface area contributed by atoms with Crippen LogP contribution in [0.15, 0.2) is 4.99 Å². The van der Waals surface area contributed by atoms with Gasteiger partial charge in [-0.2, -0.15) is 0 Å². The molecule has 0 atom stereocenters. The Balaban J connectivity index is 4.40. The molecule has 0 aromatic rings. The van der Waals surface area contributed by atoms with E-state index in [4.69, 9.17) is 0 Å².